The molecule has 0 radical (unpaired) electrons. The van der Waals surface area contributed by atoms with Gasteiger partial charge in [0.25, 0.3) is 0 Å². The fraction of sp³-hybridized carbons (Fsp3) is 0.167. The molecule has 2 heteroatoms. The van der Waals surface area contributed by atoms with Crippen molar-refractivity contribution in [3.63, 3.8) is 0 Å². The highest BCUT2D eigenvalue weighted by Gasteiger charge is 2.23. The molecule has 0 bridgehead atoms. The van der Waals surface area contributed by atoms with Crippen molar-refractivity contribution in [2.75, 3.05) is 0 Å². The lowest BCUT2D eigenvalue weighted by atomic mass is 9.85. The molecule has 0 unspecified atom stereocenters. The molecule has 0 aliphatic carbocycles. The van der Waals surface area contributed by atoms with Gasteiger partial charge in [0, 0.05) is 0 Å². The Morgan fingerprint density at radius 2 is 0.868 bits per heavy atom. The maximum atomic E-state index is 2.52. The van der Waals surface area contributed by atoms with Crippen molar-refractivity contribution in [1.82, 2.24) is 0 Å². The fourth-order valence-corrected chi connectivity index (χ4v) is 8.05. The molecule has 6 aromatic carbocycles. The normalized spacial score (nSPS) is 12.5. The molecule has 0 fully saturated rings. The van der Waals surface area contributed by atoms with Gasteiger partial charge in [0.2, 0.25) is 0 Å². The lowest BCUT2D eigenvalue weighted by molar-refractivity contribution is 1.65. The molecule has 0 aliphatic heterocycles. The van der Waals surface area contributed by atoms with Crippen LogP contribution in [-0.2, 0) is 0 Å². The summed E-state index contributed by atoms with van der Waals surface area (Å²) in [5.41, 5.74) is 5.32. The Balaban J connectivity index is 1.83. The van der Waals surface area contributed by atoms with E-state index in [1.807, 2.05) is 0 Å². The molecule has 0 N–H and O–H groups in total. The second-order valence-corrected chi connectivity index (χ2v) is 22.9. The molecular weight excluding hydrogens is 489 g/mol. The van der Waals surface area contributed by atoms with Crippen LogP contribution in [0.4, 0.5) is 0 Å². The van der Waals surface area contributed by atoms with E-state index >= 15 is 0 Å². The molecule has 0 nitrogen and oxygen atoms in total. The van der Waals surface area contributed by atoms with Crippen molar-refractivity contribution in [2.24, 2.45) is 0 Å². The molecule has 0 atom stereocenters. The Bertz CT molecular complexity index is 1820. The van der Waals surface area contributed by atoms with Crippen molar-refractivity contribution >= 4 is 58.8 Å². The van der Waals surface area contributed by atoms with Crippen molar-refractivity contribution in [2.45, 2.75) is 39.3 Å². The van der Waals surface area contributed by atoms with E-state index in [-0.39, 0.29) is 0 Å². The minimum Gasteiger partial charge on any atom is -0.0656 e. The van der Waals surface area contributed by atoms with E-state index in [9.17, 15) is 0 Å². The SMILES string of the molecule is C[Si](C)(C)c1ccc2c(-c3ccc4ccccc4c3)c3cc([Si](C)(C)C)ccc3c(-c3ccccc3)c2c1. The summed E-state index contributed by atoms with van der Waals surface area (Å²) >= 11 is 0. The quantitative estimate of drug-likeness (QED) is 0.159. The molecular formula is C36H36Si2. The van der Waals surface area contributed by atoms with Gasteiger partial charge < -0.3 is 0 Å². The summed E-state index contributed by atoms with van der Waals surface area (Å²) < 4.78 is 0. The summed E-state index contributed by atoms with van der Waals surface area (Å²) in [6.45, 7) is 14.7. The minimum atomic E-state index is -1.51. The zero-order valence-electron chi connectivity index (χ0n) is 23.4. The number of benzene rings is 6. The summed E-state index contributed by atoms with van der Waals surface area (Å²) in [5.74, 6) is 0. The highest BCUT2D eigenvalue weighted by molar-refractivity contribution is 6.89. The van der Waals surface area contributed by atoms with Crippen LogP contribution >= 0.6 is 0 Å². The molecule has 0 amide bonds. The Morgan fingerprint density at radius 3 is 1.42 bits per heavy atom. The Morgan fingerprint density at radius 1 is 0.368 bits per heavy atom. The second kappa shape index (κ2) is 9.08. The van der Waals surface area contributed by atoms with Crippen LogP contribution in [0.25, 0.3) is 54.6 Å². The number of fused-ring (bicyclic) bond motifs is 3. The highest BCUT2D eigenvalue weighted by atomic mass is 28.3. The third-order valence-corrected chi connectivity index (χ3v) is 12.0. The molecule has 0 saturated heterocycles. The highest BCUT2D eigenvalue weighted by Crippen LogP contribution is 2.44. The van der Waals surface area contributed by atoms with E-state index in [1.165, 1.54) is 64.9 Å². The summed E-state index contributed by atoms with van der Waals surface area (Å²) in [7, 11) is -3.01. The van der Waals surface area contributed by atoms with Crippen molar-refractivity contribution in [3.8, 4) is 22.3 Å². The monoisotopic (exact) mass is 524 g/mol. The van der Waals surface area contributed by atoms with Crippen molar-refractivity contribution < 1.29 is 0 Å². The van der Waals surface area contributed by atoms with Crippen molar-refractivity contribution in [1.29, 1.82) is 0 Å². The lowest BCUT2D eigenvalue weighted by Gasteiger charge is -2.24. The topological polar surface area (TPSA) is 0 Å². The summed E-state index contributed by atoms with van der Waals surface area (Å²) in [6.07, 6.45) is 0. The number of hydrogen-bond acceptors (Lipinski definition) is 0. The van der Waals surface area contributed by atoms with Gasteiger partial charge in [-0.1, -0.05) is 153 Å². The molecule has 0 spiro atoms. The van der Waals surface area contributed by atoms with E-state index in [0.717, 1.165) is 0 Å². The van der Waals surface area contributed by atoms with Crippen LogP contribution in [0, 0.1) is 0 Å². The molecule has 6 aromatic rings. The van der Waals surface area contributed by atoms with E-state index in [2.05, 4.69) is 148 Å². The third-order valence-electron chi connectivity index (χ3n) is 7.95. The van der Waals surface area contributed by atoms with Gasteiger partial charge in [-0.05, 0) is 60.6 Å². The first-order valence-corrected chi connectivity index (χ1v) is 20.7. The summed E-state index contributed by atoms with van der Waals surface area (Å²) in [6, 6.07) is 41.4. The number of rotatable bonds is 4. The average Bonchev–Trinajstić information content (AvgIpc) is 2.90. The first-order chi connectivity index (χ1) is 18.1. The van der Waals surface area contributed by atoms with Gasteiger partial charge in [-0.3, -0.25) is 0 Å². The molecule has 0 saturated carbocycles. The van der Waals surface area contributed by atoms with Crippen LogP contribution in [0.15, 0.2) is 109 Å². The molecule has 0 aliphatic rings. The van der Waals surface area contributed by atoms with Gasteiger partial charge in [-0.2, -0.15) is 0 Å². The number of hydrogen-bond donors (Lipinski definition) is 0. The Labute approximate surface area is 229 Å². The largest absolute Gasteiger partial charge is 0.0776 e. The smallest absolute Gasteiger partial charge is 0.0656 e. The first-order valence-electron chi connectivity index (χ1n) is 13.7. The standard InChI is InChI=1S/C36H36Si2/c1-37(2,3)29-19-21-32-33(23-29)35(26-13-8-7-9-14-26)31-20-18-30(38(4,5)6)24-34(31)36(32)28-17-16-25-12-10-11-15-27(25)22-28/h7-24H,1-6H3. The molecule has 38 heavy (non-hydrogen) atoms. The molecule has 188 valence electrons. The maximum Gasteiger partial charge on any atom is 0.0776 e. The van der Waals surface area contributed by atoms with Crippen LogP contribution in [0.2, 0.25) is 39.3 Å². The molecule has 0 heterocycles. The van der Waals surface area contributed by atoms with E-state index in [4.69, 9.17) is 0 Å². The van der Waals surface area contributed by atoms with Gasteiger partial charge in [0.05, 0.1) is 16.1 Å². The lowest BCUT2D eigenvalue weighted by Crippen LogP contribution is -2.37. The van der Waals surface area contributed by atoms with Crippen LogP contribution in [0.3, 0.4) is 0 Å². The molecule has 6 rings (SSSR count). The van der Waals surface area contributed by atoms with Gasteiger partial charge >= 0.3 is 0 Å². The fourth-order valence-electron chi connectivity index (χ4n) is 5.73. The predicted molar refractivity (Wildman–Crippen MR) is 176 cm³/mol. The second-order valence-electron chi connectivity index (χ2n) is 12.7. The van der Waals surface area contributed by atoms with Crippen LogP contribution < -0.4 is 10.4 Å². The Hall–Kier alpha value is -3.47. The van der Waals surface area contributed by atoms with Crippen LogP contribution in [0.1, 0.15) is 0 Å². The van der Waals surface area contributed by atoms with Crippen molar-refractivity contribution in [3.05, 3.63) is 109 Å². The zero-order chi connectivity index (χ0) is 26.7. The third kappa shape index (κ3) is 4.32. The van der Waals surface area contributed by atoms with Gasteiger partial charge in [0.1, 0.15) is 0 Å². The summed E-state index contributed by atoms with van der Waals surface area (Å²) in [4.78, 5) is 0. The maximum absolute atomic E-state index is 2.52. The first kappa shape index (κ1) is 24.8. The average molecular weight is 525 g/mol. The van der Waals surface area contributed by atoms with Crippen LogP contribution in [0.5, 0.6) is 0 Å². The minimum absolute atomic E-state index is 1.29. The van der Waals surface area contributed by atoms with E-state index in [0.29, 0.717) is 0 Å². The van der Waals surface area contributed by atoms with Gasteiger partial charge in [0.15, 0.2) is 0 Å². The van der Waals surface area contributed by atoms with Crippen LogP contribution in [-0.4, -0.2) is 16.1 Å². The zero-order valence-corrected chi connectivity index (χ0v) is 25.4. The van der Waals surface area contributed by atoms with E-state index in [1.54, 1.807) is 0 Å². The summed E-state index contributed by atoms with van der Waals surface area (Å²) in [5, 5.41) is 11.0. The van der Waals surface area contributed by atoms with E-state index < -0.39 is 16.1 Å². The molecule has 0 aromatic heterocycles. The Kier molecular flexibility index (Phi) is 5.93. The predicted octanol–water partition coefficient (Wildman–Crippen LogP) is 9.57. The van der Waals surface area contributed by atoms with Gasteiger partial charge in [-0.15, -0.1) is 0 Å². The van der Waals surface area contributed by atoms with Gasteiger partial charge in [-0.25, -0.2) is 0 Å².